The molecule has 0 bridgehead atoms. The maximum atomic E-state index is 6.08. The van der Waals surface area contributed by atoms with E-state index in [-0.39, 0.29) is 0 Å². The molecule has 0 saturated heterocycles. The molecule has 0 fully saturated rings. The van der Waals surface area contributed by atoms with Crippen LogP contribution in [0.2, 0.25) is 0 Å². The second-order valence-corrected chi connectivity index (χ2v) is 6.26. The second-order valence-electron chi connectivity index (χ2n) is 6.26. The van der Waals surface area contributed by atoms with Crippen LogP contribution in [-0.4, -0.2) is 23.3 Å². The molecule has 0 aliphatic carbocycles. The number of rotatable bonds is 6. The first-order valence-electron chi connectivity index (χ1n) is 8.93. The van der Waals surface area contributed by atoms with E-state index in [1.165, 1.54) is 5.56 Å². The first-order valence-corrected chi connectivity index (χ1v) is 8.93. The number of aryl methyl sites for hydroxylation is 2. The zero-order valence-electron chi connectivity index (χ0n) is 15.1. The van der Waals surface area contributed by atoms with Crippen LogP contribution in [0.15, 0.2) is 48.7 Å². The Hall–Kier alpha value is -2.95. The largest absolute Gasteiger partial charge is 0.497 e. The lowest BCUT2D eigenvalue weighted by Gasteiger charge is -2.21. The predicted molar refractivity (Wildman–Crippen MR) is 99.8 cm³/mol. The number of benzene rings is 2. The molecular weight excluding hydrogens is 328 g/mol. The highest BCUT2D eigenvalue weighted by Crippen LogP contribution is 2.34. The van der Waals surface area contributed by atoms with Crippen molar-refractivity contribution in [3.05, 3.63) is 60.0 Å². The van der Waals surface area contributed by atoms with Crippen molar-refractivity contribution in [3.8, 4) is 28.8 Å². The van der Waals surface area contributed by atoms with E-state index in [2.05, 4.69) is 28.6 Å². The first kappa shape index (κ1) is 16.5. The van der Waals surface area contributed by atoms with Crippen LogP contribution in [-0.2, 0) is 12.8 Å². The Morgan fingerprint density at radius 2 is 1.77 bits per heavy atom. The number of fused-ring (bicyclic) bond motifs is 3. The smallest absolute Gasteiger partial charge is 0.224 e. The van der Waals surface area contributed by atoms with Gasteiger partial charge in [-0.1, -0.05) is 6.92 Å². The molecule has 1 aliphatic rings. The minimum absolute atomic E-state index is 0.716. The number of imidazole rings is 1. The van der Waals surface area contributed by atoms with Crippen molar-refractivity contribution >= 4 is 0 Å². The summed E-state index contributed by atoms with van der Waals surface area (Å²) in [5, 5.41) is 0. The van der Waals surface area contributed by atoms with Gasteiger partial charge in [0.25, 0.3) is 0 Å². The molecule has 0 atom stereocenters. The van der Waals surface area contributed by atoms with Gasteiger partial charge in [-0.15, -0.1) is 0 Å². The molecule has 2 aromatic carbocycles. The molecule has 1 aliphatic heterocycles. The molecule has 0 radical (unpaired) electrons. The van der Waals surface area contributed by atoms with Gasteiger partial charge in [0.2, 0.25) is 5.88 Å². The molecule has 0 saturated carbocycles. The number of methoxy groups -OCH3 is 1. The molecule has 26 heavy (non-hydrogen) atoms. The number of hydrogen-bond donors (Lipinski definition) is 0. The predicted octanol–water partition coefficient (Wildman–Crippen LogP) is 4.56. The van der Waals surface area contributed by atoms with Crippen molar-refractivity contribution in [2.75, 3.05) is 13.7 Å². The molecule has 3 aromatic rings. The Morgan fingerprint density at radius 3 is 2.54 bits per heavy atom. The topological polar surface area (TPSA) is 45.5 Å². The summed E-state index contributed by atoms with van der Waals surface area (Å²) in [5.74, 6) is 4.21. The summed E-state index contributed by atoms with van der Waals surface area (Å²) in [7, 11) is 1.65. The molecule has 5 nitrogen and oxygen atoms in total. The Bertz CT molecular complexity index is 900. The van der Waals surface area contributed by atoms with Gasteiger partial charge in [-0.3, -0.25) is 4.57 Å². The van der Waals surface area contributed by atoms with Crippen LogP contribution in [0.3, 0.4) is 0 Å². The zero-order valence-corrected chi connectivity index (χ0v) is 15.1. The summed E-state index contributed by atoms with van der Waals surface area (Å²) in [5.41, 5.74) is 2.36. The van der Waals surface area contributed by atoms with Crippen molar-refractivity contribution in [3.63, 3.8) is 0 Å². The van der Waals surface area contributed by atoms with Crippen molar-refractivity contribution in [2.24, 2.45) is 0 Å². The van der Waals surface area contributed by atoms with E-state index in [1.54, 1.807) is 13.3 Å². The quantitative estimate of drug-likeness (QED) is 0.654. The second kappa shape index (κ2) is 7.12. The molecular formula is C21H22N2O3. The van der Waals surface area contributed by atoms with Crippen LogP contribution in [0.25, 0.3) is 5.69 Å². The van der Waals surface area contributed by atoms with Crippen LogP contribution in [0.5, 0.6) is 23.1 Å². The fourth-order valence-electron chi connectivity index (χ4n) is 3.18. The van der Waals surface area contributed by atoms with Gasteiger partial charge < -0.3 is 14.2 Å². The fourth-order valence-corrected chi connectivity index (χ4v) is 3.18. The van der Waals surface area contributed by atoms with E-state index < -0.39 is 0 Å². The van der Waals surface area contributed by atoms with Gasteiger partial charge in [-0.25, -0.2) is 4.98 Å². The third-order valence-electron chi connectivity index (χ3n) is 4.47. The minimum atomic E-state index is 0.716. The standard InChI is InChI=1S/C21H22N2O3/c1-3-12-25-18-9-10-19-15(13-18)4-11-20-22-14-21(23(19)20)26-17-7-5-16(24-2)6-8-17/h5-10,13-14H,3-4,11-12H2,1-2H3. The number of aromatic nitrogens is 2. The van der Waals surface area contributed by atoms with Crippen LogP contribution in [0.4, 0.5) is 0 Å². The molecule has 0 N–H and O–H groups in total. The van der Waals surface area contributed by atoms with Crippen molar-refractivity contribution in [1.82, 2.24) is 9.55 Å². The van der Waals surface area contributed by atoms with E-state index in [0.29, 0.717) is 5.88 Å². The highest BCUT2D eigenvalue weighted by Gasteiger charge is 2.21. The maximum Gasteiger partial charge on any atom is 0.224 e. The number of hydrogen-bond acceptors (Lipinski definition) is 4. The lowest BCUT2D eigenvalue weighted by molar-refractivity contribution is 0.317. The van der Waals surface area contributed by atoms with Crippen molar-refractivity contribution in [1.29, 1.82) is 0 Å². The molecule has 134 valence electrons. The molecule has 0 spiro atoms. The molecule has 0 unspecified atom stereocenters. The molecule has 0 amide bonds. The average Bonchev–Trinajstić information content (AvgIpc) is 3.10. The van der Waals surface area contributed by atoms with Gasteiger partial charge in [0.05, 0.1) is 25.6 Å². The third-order valence-corrected chi connectivity index (χ3v) is 4.47. The summed E-state index contributed by atoms with van der Waals surface area (Å²) in [6, 6.07) is 13.8. The SMILES string of the molecule is CCCOc1ccc2c(c1)CCc1ncc(Oc3ccc(OC)cc3)n1-2. The number of ether oxygens (including phenoxy) is 3. The van der Waals surface area contributed by atoms with Crippen molar-refractivity contribution < 1.29 is 14.2 Å². The molecule has 2 heterocycles. The van der Waals surface area contributed by atoms with E-state index in [4.69, 9.17) is 14.2 Å². The first-order chi connectivity index (χ1) is 12.8. The Balaban J connectivity index is 1.64. The normalized spacial score (nSPS) is 12.2. The minimum Gasteiger partial charge on any atom is -0.497 e. The molecule has 4 rings (SSSR count). The summed E-state index contributed by atoms with van der Waals surface area (Å²) in [6.07, 6.45) is 4.63. The van der Waals surface area contributed by atoms with Crippen LogP contribution < -0.4 is 14.2 Å². The Kier molecular flexibility index (Phi) is 4.52. The van der Waals surface area contributed by atoms with Crippen LogP contribution in [0, 0.1) is 0 Å². The Morgan fingerprint density at radius 1 is 1.00 bits per heavy atom. The summed E-state index contributed by atoms with van der Waals surface area (Å²) in [4.78, 5) is 4.54. The van der Waals surface area contributed by atoms with Crippen LogP contribution >= 0.6 is 0 Å². The monoisotopic (exact) mass is 350 g/mol. The maximum absolute atomic E-state index is 6.08. The summed E-state index contributed by atoms with van der Waals surface area (Å²) >= 11 is 0. The van der Waals surface area contributed by atoms with Gasteiger partial charge in [-0.2, -0.15) is 0 Å². The lowest BCUT2D eigenvalue weighted by atomic mass is 10.0. The zero-order chi connectivity index (χ0) is 17.9. The van der Waals surface area contributed by atoms with Gasteiger partial charge in [0.1, 0.15) is 23.1 Å². The van der Waals surface area contributed by atoms with Gasteiger partial charge in [0.15, 0.2) is 0 Å². The van der Waals surface area contributed by atoms with E-state index in [0.717, 1.165) is 54.6 Å². The van der Waals surface area contributed by atoms with Gasteiger partial charge in [0, 0.05) is 6.42 Å². The summed E-state index contributed by atoms with van der Waals surface area (Å²) < 4.78 is 19.1. The fraction of sp³-hybridized carbons (Fsp3) is 0.286. The van der Waals surface area contributed by atoms with E-state index in [9.17, 15) is 0 Å². The Labute approximate surface area is 153 Å². The van der Waals surface area contributed by atoms with Gasteiger partial charge in [-0.05, 0) is 60.9 Å². The highest BCUT2D eigenvalue weighted by molar-refractivity contribution is 5.51. The van der Waals surface area contributed by atoms with Crippen molar-refractivity contribution in [2.45, 2.75) is 26.2 Å². The molecule has 1 aromatic heterocycles. The highest BCUT2D eigenvalue weighted by atomic mass is 16.5. The van der Waals surface area contributed by atoms with E-state index in [1.807, 2.05) is 30.3 Å². The number of nitrogens with zero attached hydrogens (tertiary/aromatic N) is 2. The van der Waals surface area contributed by atoms with Gasteiger partial charge >= 0.3 is 0 Å². The third kappa shape index (κ3) is 3.12. The summed E-state index contributed by atoms with van der Waals surface area (Å²) in [6.45, 7) is 2.85. The lowest BCUT2D eigenvalue weighted by Crippen LogP contribution is -2.13. The average molecular weight is 350 g/mol. The molecule has 5 heteroatoms. The van der Waals surface area contributed by atoms with E-state index >= 15 is 0 Å². The van der Waals surface area contributed by atoms with Crippen LogP contribution in [0.1, 0.15) is 24.7 Å².